The summed E-state index contributed by atoms with van der Waals surface area (Å²) in [5.74, 6) is 2.41. The summed E-state index contributed by atoms with van der Waals surface area (Å²) in [6.07, 6.45) is 0. The highest BCUT2D eigenvalue weighted by Gasteiger charge is 2.16. The molecule has 6 heteroatoms. The lowest BCUT2D eigenvalue weighted by molar-refractivity contribution is 0.414. The third kappa shape index (κ3) is 4.06. The first kappa shape index (κ1) is 18.6. The standard InChI is InChI=1S/C22H18ClN3OS/c1-27-20-9-5-6-16(14-20)15-28-22-25-24-21(17-7-3-2-4-8-17)26(22)19-12-10-18(23)11-13-19/h2-14H,15H2,1H3. The summed E-state index contributed by atoms with van der Waals surface area (Å²) in [5, 5.41) is 10.4. The van der Waals surface area contributed by atoms with Gasteiger partial charge in [-0.3, -0.25) is 4.57 Å². The highest BCUT2D eigenvalue weighted by molar-refractivity contribution is 7.98. The SMILES string of the molecule is COc1cccc(CSc2nnc(-c3ccccc3)n2-c2ccc(Cl)cc2)c1. The molecule has 4 aromatic rings. The second-order valence-corrected chi connectivity index (χ2v) is 7.50. The van der Waals surface area contributed by atoms with Crippen LogP contribution in [0.15, 0.2) is 84.0 Å². The van der Waals surface area contributed by atoms with Gasteiger partial charge in [0.2, 0.25) is 0 Å². The van der Waals surface area contributed by atoms with Gasteiger partial charge in [-0.15, -0.1) is 10.2 Å². The molecule has 1 aromatic heterocycles. The van der Waals surface area contributed by atoms with Crippen LogP contribution in [0.25, 0.3) is 17.1 Å². The Labute approximate surface area is 173 Å². The minimum Gasteiger partial charge on any atom is -0.497 e. The average molecular weight is 408 g/mol. The van der Waals surface area contributed by atoms with Gasteiger partial charge in [0, 0.05) is 22.0 Å². The smallest absolute Gasteiger partial charge is 0.196 e. The second kappa shape index (κ2) is 8.50. The topological polar surface area (TPSA) is 39.9 Å². The average Bonchev–Trinajstić information content (AvgIpc) is 3.17. The van der Waals surface area contributed by atoms with Crippen molar-refractivity contribution in [2.24, 2.45) is 0 Å². The summed E-state index contributed by atoms with van der Waals surface area (Å²) in [6, 6.07) is 25.8. The Balaban J connectivity index is 1.70. The molecule has 0 atom stereocenters. The summed E-state index contributed by atoms with van der Waals surface area (Å²) >= 11 is 7.72. The van der Waals surface area contributed by atoms with Crippen molar-refractivity contribution in [1.82, 2.24) is 14.8 Å². The summed E-state index contributed by atoms with van der Waals surface area (Å²) in [6.45, 7) is 0. The van der Waals surface area contributed by atoms with Crippen molar-refractivity contribution in [3.05, 3.63) is 89.4 Å². The fraction of sp³-hybridized carbons (Fsp3) is 0.0909. The van der Waals surface area contributed by atoms with E-state index in [4.69, 9.17) is 16.3 Å². The van der Waals surface area contributed by atoms with Crippen molar-refractivity contribution in [1.29, 1.82) is 0 Å². The summed E-state index contributed by atoms with van der Waals surface area (Å²) < 4.78 is 7.38. The third-order valence-corrected chi connectivity index (χ3v) is 5.50. The normalized spacial score (nSPS) is 10.8. The van der Waals surface area contributed by atoms with Gasteiger partial charge in [0.25, 0.3) is 0 Å². The van der Waals surface area contributed by atoms with Crippen LogP contribution in [0.1, 0.15) is 5.56 Å². The summed E-state index contributed by atoms with van der Waals surface area (Å²) in [7, 11) is 1.68. The molecule has 4 nitrogen and oxygen atoms in total. The van der Waals surface area contributed by atoms with Crippen LogP contribution in [-0.4, -0.2) is 21.9 Å². The van der Waals surface area contributed by atoms with E-state index >= 15 is 0 Å². The predicted molar refractivity (Wildman–Crippen MR) is 114 cm³/mol. The van der Waals surface area contributed by atoms with E-state index in [0.717, 1.165) is 39.3 Å². The number of hydrogen-bond acceptors (Lipinski definition) is 4. The third-order valence-electron chi connectivity index (χ3n) is 4.25. The lowest BCUT2D eigenvalue weighted by Crippen LogP contribution is -1.99. The van der Waals surface area contributed by atoms with Gasteiger partial charge < -0.3 is 4.74 Å². The Morgan fingerprint density at radius 2 is 1.71 bits per heavy atom. The minimum atomic E-state index is 0.698. The van der Waals surface area contributed by atoms with Crippen LogP contribution in [-0.2, 0) is 5.75 Å². The molecular weight excluding hydrogens is 390 g/mol. The van der Waals surface area contributed by atoms with Crippen molar-refractivity contribution >= 4 is 23.4 Å². The predicted octanol–water partition coefficient (Wildman–Crippen LogP) is 5.89. The molecule has 3 aromatic carbocycles. The van der Waals surface area contributed by atoms with Gasteiger partial charge in [0.15, 0.2) is 11.0 Å². The first-order valence-electron chi connectivity index (χ1n) is 8.77. The molecule has 0 aliphatic heterocycles. The zero-order valence-corrected chi connectivity index (χ0v) is 16.8. The van der Waals surface area contributed by atoms with E-state index in [-0.39, 0.29) is 0 Å². The monoisotopic (exact) mass is 407 g/mol. The van der Waals surface area contributed by atoms with Gasteiger partial charge in [-0.1, -0.05) is 65.8 Å². The number of thioether (sulfide) groups is 1. The molecule has 0 unspecified atom stereocenters. The maximum Gasteiger partial charge on any atom is 0.196 e. The molecule has 0 saturated carbocycles. The van der Waals surface area contributed by atoms with Crippen molar-refractivity contribution in [2.75, 3.05) is 7.11 Å². The molecule has 4 rings (SSSR count). The van der Waals surface area contributed by atoms with Crippen molar-refractivity contribution < 1.29 is 4.74 Å². The van der Waals surface area contributed by atoms with E-state index in [0.29, 0.717) is 5.02 Å². The van der Waals surface area contributed by atoms with E-state index in [9.17, 15) is 0 Å². The molecule has 0 fully saturated rings. The molecule has 0 bridgehead atoms. The van der Waals surface area contributed by atoms with E-state index in [1.54, 1.807) is 18.9 Å². The molecule has 0 N–H and O–H groups in total. The highest BCUT2D eigenvalue weighted by Crippen LogP contribution is 2.30. The van der Waals surface area contributed by atoms with E-state index in [1.807, 2.05) is 72.8 Å². The van der Waals surface area contributed by atoms with Crippen LogP contribution in [0.4, 0.5) is 0 Å². The number of halogens is 1. The molecular formula is C22H18ClN3OS. The number of nitrogens with zero attached hydrogens (tertiary/aromatic N) is 3. The first-order valence-corrected chi connectivity index (χ1v) is 10.1. The molecule has 0 saturated heterocycles. The molecule has 140 valence electrons. The Bertz CT molecular complexity index is 1060. The van der Waals surface area contributed by atoms with Crippen molar-refractivity contribution in [2.45, 2.75) is 10.9 Å². The van der Waals surface area contributed by atoms with Gasteiger partial charge in [0.1, 0.15) is 5.75 Å². The Morgan fingerprint density at radius 3 is 2.46 bits per heavy atom. The molecule has 0 amide bonds. The maximum atomic E-state index is 6.08. The lowest BCUT2D eigenvalue weighted by atomic mass is 10.2. The lowest BCUT2D eigenvalue weighted by Gasteiger charge is -2.11. The van der Waals surface area contributed by atoms with Gasteiger partial charge in [0.05, 0.1) is 7.11 Å². The molecule has 1 heterocycles. The van der Waals surface area contributed by atoms with Crippen LogP contribution in [0, 0.1) is 0 Å². The molecule has 0 spiro atoms. The summed E-state index contributed by atoms with van der Waals surface area (Å²) in [5.41, 5.74) is 3.15. The maximum absolute atomic E-state index is 6.08. The van der Waals surface area contributed by atoms with E-state index in [2.05, 4.69) is 20.8 Å². The summed E-state index contributed by atoms with van der Waals surface area (Å²) in [4.78, 5) is 0. The van der Waals surface area contributed by atoms with E-state index < -0.39 is 0 Å². The van der Waals surface area contributed by atoms with Gasteiger partial charge in [-0.05, 0) is 42.0 Å². The van der Waals surface area contributed by atoms with Crippen LogP contribution in [0.2, 0.25) is 5.02 Å². The molecule has 0 aliphatic carbocycles. The van der Waals surface area contributed by atoms with Gasteiger partial charge >= 0.3 is 0 Å². The molecule has 28 heavy (non-hydrogen) atoms. The zero-order chi connectivity index (χ0) is 19.3. The fourth-order valence-electron chi connectivity index (χ4n) is 2.87. The fourth-order valence-corrected chi connectivity index (χ4v) is 3.89. The van der Waals surface area contributed by atoms with Crippen LogP contribution in [0.3, 0.4) is 0 Å². The second-order valence-electron chi connectivity index (χ2n) is 6.12. The Kier molecular flexibility index (Phi) is 5.65. The number of methoxy groups -OCH3 is 1. The van der Waals surface area contributed by atoms with Crippen LogP contribution >= 0.6 is 23.4 Å². The largest absolute Gasteiger partial charge is 0.497 e. The number of rotatable bonds is 6. The zero-order valence-electron chi connectivity index (χ0n) is 15.2. The highest BCUT2D eigenvalue weighted by atomic mass is 35.5. The van der Waals surface area contributed by atoms with Crippen LogP contribution < -0.4 is 4.74 Å². The van der Waals surface area contributed by atoms with Gasteiger partial charge in [-0.25, -0.2) is 0 Å². The Hall–Kier alpha value is -2.76. The quantitative estimate of drug-likeness (QED) is 0.374. The Morgan fingerprint density at radius 1 is 0.929 bits per heavy atom. The number of aromatic nitrogens is 3. The minimum absolute atomic E-state index is 0.698. The van der Waals surface area contributed by atoms with Crippen LogP contribution in [0.5, 0.6) is 5.75 Å². The molecule has 0 aliphatic rings. The van der Waals surface area contributed by atoms with Crippen molar-refractivity contribution in [3.8, 4) is 22.8 Å². The number of benzene rings is 3. The number of hydrogen-bond donors (Lipinski definition) is 0. The first-order chi connectivity index (χ1) is 13.7. The molecule has 0 radical (unpaired) electrons. The number of ether oxygens (including phenoxy) is 1. The van der Waals surface area contributed by atoms with E-state index in [1.165, 1.54) is 0 Å². The van der Waals surface area contributed by atoms with Crippen molar-refractivity contribution in [3.63, 3.8) is 0 Å². The van der Waals surface area contributed by atoms with Gasteiger partial charge in [-0.2, -0.15) is 0 Å².